The van der Waals surface area contributed by atoms with Crippen molar-refractivity contribution in [3.05, 3.63) is 6.33 Å². The van der Waals surface area contributed by atoms with Crippen molar-refractivity contribution in [2.45, 2.75) is 32.6 Å². The molecule has 1 heterocycles. The molecule has 5 nitrogen and oxygen atoms in total. The number of aromatic nitrogens is 2. The molecule has 2 saturated carbocycles. The molecule has 1 aromatic heterocycles. The van der Waals surface area contributed by atoms with E-state index in [1.54, 1.807) is 0 Å². The summed E-state index contributed by atoms with van der Waals surface area (Å²) >= 11 is 0. The van der Waals surface area contributed by atoms with Gasteiger partial charge in [-0.2, -0.15) is 4.98 Å². The van der Waals surface area contributed by atoms with Crippen LogP contribution in [0, 0.1) is 17.8 Å². The highest BCUT2D eigenvalue weighted by molar-refractivity contribution is 5.66. The number of ether oxygens (including phenoxy) is 1. The van der Waals surface area contributed by atoms with E-state index in [4.69, 9.17) is 10.5 Å². The maximum absolute atomic E-state index is 6.03. The highest BCUT2D eigenvalue weighted by Gasteiger charge is 2.41. The van der Waals surface area contributed by atoms with Gasteiger partial charge < -0.3 is 15.8 Å². The lowest BCUT2D eigenvalue weighted by Gasteiger charge is -2.17. The monoisotopic (exact) mass is 262 g/mol. The Morgan fingerprint density at radius 2 is 2.00 bits per heavy atom. The summed E-state index contributed by atoms with van der Waals surface area (Å²) in [6, 6.07) is 0. The van der Waals surface area contributed by atoms with Crippen LogP contribution in [-0.2, 0) is 0 Å². The molecule has 2 fully saturated rings. The largest absolute Gasteiger partial charge is 0.476 e. The first-order valence-corrected chi connectivity index (χ1v) is 7.26. The minimum atomic E-state index is 0.481. The molecule has 3 rings (SSSR count). The van der Waals surface area contributed by atoms with E-state index in [-0.39, 0.29) is 0 Å². The summed E-state index contributed by atoms with van der Waals surface area (Å²) in [6.07, 6.45) is 7.09. The van der Waals surface area contributed by atoms with Gasteiger partial charge in [0.1, 0.15) is 12.0 Å². The van der Waals surface area contributed by atoms with E-state index in [1.807, 2.05) is 6.92 Å². The first kappa shape index (κ1) is 12.5. The maximum atomic E-state index is 6.03. The van der Waals surface area contributed by atoms with Crippen LogP contribution in [0.25, 0.3) is 0 Å². The number of rotatable bonds is 7. The highest BCUT2D eigenvalue weighted by atomic mass is 16.5. The second-order valence-corrected chi connectivity index (χ2v) is 5.59. The van der Waals surface area contributed by atoms with Crippen LogP contribution in [0.5, 0.6) is 5.88 Å². The van der Waals surface area contributed by atoms with Gasteiger partial charge in [-0.3, -0.25) is 0 Å². The maximum Gasteiger partial charge on any atom is 0.242 e. The summed E-state index contributed by atoms with van der Waals surface area (Å²) in [4.78, 5) is 8.28. The van der Waals surface area contributed by atoms with Crippen molar-refractivity contribution in [1.82, 2.24) is 9.97 Å². The summed E-state index contributed by atoms with van der Waals surface area (Å²) < 4.78 is 5.39. The van der Waals surface area contributed by atoms with Gasteiger partial charge in [0.05, 0.1) is 6.61 Å². The molecule has 2 aliphatic rings. The Balaban J connectivity index is 1.63. The molecule has 0 spiro atoms. The van der Waals surface area contributed by atoms with Crippen molar-refractivity contribution in [2.24, 2.45) is 17.8 Å². The fourth-order valence-corrected chi connectivity index (χ4v) is 2.75. The number of nitrogens with zero attached hydrogens (tertiary/aromatic N) is 2. The van der Waals surface area contributed by atoms with Crippen molar-refractivity contribution in [3.8, 4) is 5.88 Å². The van der Waals surface area contributed by atoms with Crippen LogP contribution >= 0.6 is 0 Å². The van der Waals surface area contributed by atoms with E-state index in [9.17, 15) is 0 Å². The van der Waals surface area contributed by atoms with Gasteiger partial charge in [-0.1, -0.05) is 0 Å². The summed E-state index contributed by atoms with van der Waals surface area (Å²) in [7, 11) is 0. The van der Waals surface area contributed by atoms with Crippen molar-refractivity contribution in [1.29, 1.82) is 0 Å². The Labute approximate surface area is 114 Å². The Morgan fingerprint density at radius 1 is 1.32 bits per heavy atom. The van der Waals surface area contributed by atoms with Crippen LogP contribution in [0.1, 0.15) is 32.6 Å². The Morgan fingerprint density at radius 3 is 2.58 bits per heavy atom. The van der Waals surface area contributed by atoms with Gasteiger partial charge in [-0.05, 0) is 50.4 Å². The number of nitrogens with two attached hydrogens (primary N) is 1. The molecule has 0 aliphatic heterocycles. The molecular formula is C14H22N4O. The van der Waals surface area contributed by atoms with Crippen LogP contribution in [0.2, 0.25) is 0 Å². The number of nitrogens with one attached hydrogen (secondary N) is 1. The Hall–Kier alpha value is -1.52. The molecule has 1 aromatic rings. The van der Waals surface area contributed by atoms with E-state index >= 15 is 0 Å². The quantitative estimate of drug-likeness (QED) is 0.789. The molecule has 0 saturated heterocycles. The van der Waals surface area contributed by atoms with E-state index < -0.39 is 0 Å². The second kappa shape index (κ2) is 5.23. The fraction of sp³-hybridized carbons (Fsp3) is 0.714. The predicted molar refractivity (Wildman–Crippen MR) is 75.0 cm³/mol. The van der Waals surface area contributed by atoms with Gasteiger partial charge in [0.2, 0.25) is 5.88 Å². The Kier molecular flexibility index (Phi) is 3.44. The average molecular weight is 262 g/mol. The molecule has 0 aromatic carbocycles. The van der Waals surface area contributed by atoms with Gasteiger partial charge in [-0.15, -0.1) is 0 Å². The molecule has 0 bridgehead atoms. The first-order chi connectivity index (χ1) is 9.29. The molecular weight excluding hydrogens is 240 g/mol. The smallest absolute Gasteiger partial charge is 0.242 e. The summed E-state index contributed by atoms with van der Waals surface area (Å²) in [5.74, 6) is 3.84. The summed E-state index contributed by atoms with van der Waals surface area (Å²) in [6.45, 7) is 3.46. The molecule has 0 radical (unpaired) electrons. The minimum Gasteiger partial charge on any atom is -0.476 e. The molecule has 19 heavy (non-hydrogen) atoms. The lowest BCUT2D eigenvalue weighted by atomic mass is 9.98. The highest BCUT2D eigenvalue weighted by Crippen LogP contribution is 2.49. The van der Waals surface area contributed by atoms with Crippen molar-refractivity contribution < 1.29 is 4.74 Å². The van der Waals surface area contributed by atoms with E-state index in [2.05, 4.69) is 15.3 Å². The zero-order valence-corrected chi connectivity index (χ0v) is 11.4. The van der Waals surface area contributed by atoms with Crippen LogP contribution in [0.3, 0.4) is 0 Å². The first-order valence-electron chi connectivity index (χ1n) is 7.26. The minimum absolute atomic E-state index is 0.481. The Bertz CT molecular complexity index is 431. The number of hydrogen-bond donors (Lipinski definition) is 2. The molecule has 0 atom stereocenters. The molecule has 2 aliphatic carbocycles. The molecule has 104 valence electrons. The normalized spacial score (nSPS) is 18.6. The number of anilines is 2. The van der Waals surface area contributed by atoms with Gasteiger partial charge in [0.15, 0.2) is 5.82 Å². The van der Waals surface area contributed by atoms with Gasteiger partial charge >= 0.3 is 0 Å². The average Bonchev–Trinajstić information content (AvgIpc) is 3.27. The number of hydrogen-bond acceptors (Lipinski definition) is 5. The van der Waals surface area contributed by atoms with Crippen molar-refractivity contribution in [3.63, 3.8) is 0 Å². The predicted octanol–water partition coefficient (Wildman–Crippen LogP) is 2.31. The third kappa shape index (κ3) is 2.91. The topological polar surface area (TPSA) is 73.1 Å². The van der Waals surface area contributed by atoms with E-state index in [1.165, 1.54) is 32.0 Å². The lowest BCUT2D eigenvalue weighted by Crippen LogP contribution is -2.19. The zero-order valence-electron chi connectivity index (χ0n) is 11.4. The molecule has 0 unspecified atom stereocenters. The molecule has 3 N–H and O–H groups in total. The standard InChI is InChI=1S/C14H22N4O/c1-2-19-14-12(15)13(17-8-18-14)16-7-11(9-3-4-9)10-5-6-10/h8-11H,2-7,15H2,1H3,(H,16,17,18). The third-order valence-electron chi connectivity index (χ3n) is 4.09. The third-order valence-corrected chi connectivity index (χ3v) is 4.09. The SMILES string of the molecule is CCOc1ncnc(NCC(C2CC2)C2CC2)c1N. The lowest BCUT2D eigenvalue weighted by molar-refractivity contribution is 0.328. The van der Waals surface area contributed by atoms with Gasteiger partial charge in [0.25, 0.3) is 0 Å². The summed E-state index contributed by atoms with van der Waals surface area (Å²) in [5.41, 5.74) is 6.55. The van der Waals surface area contributed by atoms with Crippen LogP contribution < -0.4 is 15.8 Å². The van der Waals surface area contributed by atoms with Gasteiger partial charge in [-0.25, -0.2) is 4.98 Å². The van der Waals surface area contributed by atoms with Crippen LogP contribution in [0.15, 0.2) is 6.33 Å². The van der Waals surface area contributed by atoms with Crippen molar-refractivity contribution in [2.75, 3.05) is 24.2 Å². The zero-order chi connectivity index (χ0) is 13.2. The van der Waals surface area contributed by atoms with Crippen LogP contribution in [-0.4, -0.2) is 23.1 Å². The summed E-state index contributed by atoms with van der Waals surface area (Å²) in [5, 5.41) is 3.40. The van der Waals surface area contributed by atoms with Crippen molar-refractivity contribution >= 4 is 11.5 Å². The van der Waals surface area contributed by atoms with E-state index in [0.29, 0.717) is 24.0 Å². The van der Waals surface area contributed by atoms with E-state index in [0.717, 1.165) is 24.3 Å². The second-order valence-electron chi connectivity index (χ2n) is 5.59. The fourth-order valence-electron chi connectivity index (χ4n) is 2.75. The van der Waals surface area contributed by atoms with Gasteiger partial charge in [0, 0.05) is 6.54 Å². The van der Waals surface area contributed by atoms with Crippen LogP contribution in [0.4, 0.5) is 11.5 Å². The molecule has 0 amide bonds. The molecule has 5 heteroatoms. The number of nitrogen functional groups attached to an aromatic ring is 1.